The molecule has 0 amide bonds. The summed E-state index contributed by atoms with van der Waals surface area (Å²) in [5, 5.41) is 0. The zero-order valence-corrected chi connectivity index (χ0v) is 16.7. The highest BCUT2D eigenvalue weighted by atomic mass is 16.5. The number of para-hydroxylation sites is 1. The van der Waals surface area contributed by atoms with Crippen molar-refractivity contribution in [2.75, 3.05) is 19.7 Å². The molecular formula is C24H28NO3+. The van der Waals surface area contributed by atoms with Crippen molar-refractivity contribution in [3.63, 3.8) is 0 Å². The van der Waals surface area contributed by atoms with E-state index in [1.165, 1.54) is 16.7 Å². The summed E-state index contributed by atoms with van der Waals surface area (Å²) in [6.07, 6.45) is 1.97. The molecule has 2 fully saturated rings. The van der Waals surface area contributed by atoms with Gasteiger partial charge in [0.2, 0.25) is 5.54 Å². The lowest BCUT2D eigenvalue weighted by molar-refractivity contribution is -0.846. The van der Waals surface area contributed by atoms with Crippen LogP contribution in [0, 0.1) is 5.92 Å². The number of fused-ring (bicyclic) bond motifs is 7. The molecule has 28 heavy (non-hydrogen) atoms. The minimum atomic E-state index is -0.216. The third-order valence-corrected chi connectivity index (χ3v) is 7.31. The maximum absolute atomic E-state index is 13.0. The minimum absolute atomic E-state index is 0.0276. The normalized spacial score (nSPS) is 32.4. The van der Waals surface area contributed by atoms with Crippen LogP contribution in [0.2, 0.25) is 0 Å². The largest absolute Gasteiger partial charge is 0.488 e. The van der Waals surface area contributed by atoms with Gasteiger partial charge in [0.15, 0.2) is 6.04 Å². The topological polar surface area (TPSA) is 35.5 Å². The van der Waals surface area contributed by atoms with Gasteiger partial charge in [-0.3, -0.25) is 9.28 Å². The Morgan fingerprint density at radius 2 is 1.89 bits per heavy atom. The third kappa shape index (κ3) is 2.07. The van der Waals surface area contributed by atoms with Crippen LogP contribution in [0.3, 0.4) is 0 Å². The van der Waals surface area contributed by atoms with E-state index in [-0.39, 0.29) is 23.5 Å². The van der Waals surface area contributed by atoms with Gasteiger partial charge in [-0.05, 0) is 44.4 Å². The van der Waals surface area contributed by atoms with Crippen molar-refractivity contribution in [1.29, 1.82) is 0 Å². The van der Waals surface area contributed by atoms with Gasteiger partial charge >= 0.3 is 5.97 Å². The number of hydrogen-bond donors (Lipinski definition) is 0. The minimum Gasteiger partial charge on any atom is -0.488 e. The third-order valence-electron chi connectivity index (χ3n) is 7.31. The molecule has 3 aliphatic rings. The van der Waals surface area contributed by atoms with Crippen molar-refractivity contribution >= 4 is 5.97 Å². The molecule has 0 bridgehead atoms. The average Bonchev–Trinajstić information content (AvgIpc) is 3.40. The Balaban J connectivity index is 1.77. The lowest BCUT2D eigenvalue weighted by Gasteiger charge is -2.29. The zero-order chi connectivity index (χ0) is 19.4. The first kappa shape index (κ1) is 17.7. The number of hydrogen-bond acceptors (Lipinski definition) is 3. The molecule has 2 aromatic rings. The Labute approximate surface area is 166 Å². The summed E-state index contributed by atoms with van der Waals surface area (Å²) in [5.41, 5.74) is 3.60. The molecular weight excluding hydrogens is 350 g/mol. The van der Waals surface area contributed by atoms with E-state index in [0.717, 1.165) is 36.2 Å². The van der Waals surface area contributed by atoms with Crippen LogP contribution in [0.25, 0.3) is 0 Å². The number of quaternary nitrogens is 1. The Bertz CT molecular complexity index is 876. The Morgan fingerprint density at radius 3 is 2.68 bits per heavy atom. The number of esters is 1. The molecule has 0 aromatic heterocycles. The fourth-order valence-electron chi connectivity index (χ4n) is 6.38. The quantitative estimate of drug-likeness (QED) is 0.460. The van der Waals surface area contributed by atoms with E-state index in [4.69, 9.17) is 9.47 Å². The van der Waals surface area contributed by atoms with E-state index in [1.54, 1.807) is 0 Å². The predicted molar refractivity (Wildman–Crippen MR) is 107 cm³/mol. The molecule has 0 N–H and O–H groups in total. The van der Waals surface area contributed by atoms with Crippen LogP contribution in [-0.4, -0.2) is 36.2 Å². The smallest absolute Gasteiger partial charge is 0.315 e. The summed E-state index contributed by atoms with van der Waals surface area (Å²) in [5.74, 6) is 0.870. The molecule has 5 rings (SSSR count). The predicted octanol–water partition coefficient (Wildman–Crippen LogP) is 4.01. The van der Waals surface area contributed by atoms with Gasteiger partial charge in [-0.25, -0.2) is 0 Å². The number of piperidine rings is 1. The molecule has 146 valence electrons. The molecule has 4 atom stereocenters. The van der Waals surface area contributed by atoms with Gasteiger partial charge in [0.1, 0.15) is 18.3 Å². The van der Waals surface area contributed by atoms with Gasteiger partial charge < -0.3 is 9.47 Å². The summed E-state index contributed by atoms with van der Waals surface area (Å²) >= 11 is 0. The van der Waals surface area contributed by atoms with Crippen molar-refractivity contribution in [1.82, 2.24) is 0 Å². The highest BCUT2D eigenvalue weighted by Crippen LogP contribution is 2.69. The Morgan fingerprint density at radius 1 is 1.14 bits per heavy atom. The van der Waals surface area contributed by atoms with Gasteiger partial charge in [-0.15, -0.1) is 0 Å². The monoisotopic (exact) mass is 378 g/mol. The van der Waals surface area contributed by atoms with Crippen LogP contribution in [0.4, 0.5) is 0 Å². The van der Waals surface area contributed by atoms with E-state index in [2.05, 4.69) is 49.4 Å². The van der Waals surface area contributed by atoms with Crippen LogP contribution in [0.1, 0.15) is 43.4 Å². The van der Waals surface area contributed by atoms with Crippen LogP contribution < -0.4 is 4.74 Å². The van der Waals surface area contributed by atoms with Crippen LogP contribution in [0.15, 0.2) is 48.5 Å². The highest BCUT2D eigenvalue weighted by molar-refractivity contribution is 5.75. The standard InChI is InChI=1S/C24H28NO3/c1-3-25-15-9-11-18(23(26)27-4-2)22(25)24(25)19-12-6-5-10-17(19)16-28-21-14-8-7-13-20(21)24/h5-8,10,12-14,18,22H,3-4,9,11,15-16H2,1-2H3/q+1/t18?,22?,24-,25?/m1/s1. The highest BCUT2D eigenvalue weighted by Gasteiger charge is 2.84. The molecule has 1 spiro atoms. The Hall–Kier alpha value is -2.33. The molecule has 4 heteroatoms. The lowest BCUT2D eigenvalue weighted by atomic mass is 9.80. The molecule has 2 saturated heterocycles. The van der Waals surface area contributed by atoms with E-state index >= 15 is 0 Å². The summed E-state index contributed by atoms with van der Waals surface area (Å²) in [6.45, 7) is 7.29. The molecule has 0 saturated carbocycles. The van der Waals surface area contributed by atoms with Gasteiger partial charge in [0.25, 0.3) is 0 Å². The van der Waals surface area contributed by atoms with Crippen molar-refractivity contribution < 1.29 is 18.8 Å². The molecule has 2 aromatic carbocycles. The number of carbonyl (C=O) groups is 1. The average molecular weight is 378 g/mol. The number of benzene rings is 2. The Kier molecular flexibility index (Phi) is 4.02. The second-order valence-electron chi connectivity index (χ2n) is 8.23. The first-order valence-electron chi connectivity index (χ1n) is 10.5. The van der Waals surface area contributed by atoms with E-state index in [1.807, 2.05) is 13.0 Å². The first-order chi connectivity index (χ1) is 13.7. The maximum Gasteiger partial charge on any atom is 0.315 e. The first-order valence-corrected chi connectivity index (χ1v) is 10.5. The molecule has 3 unspecified atom stereocenters. The summed E-state index contributed by atoms with van der Waals surface area (Å²) in [6, 6.07) is 17.3. The zero-order valence-electron chi connectivity index (χ0n) is 16.7. The SMILES string of the molecule is CCOC(=O)C1CCC[N+]2(CC)C1[C@]21c2ccccc2COc2ccccc21. The fourth-order valence-corrected chi connectivity index (χ4v) is 6.38. The summed E-state index contributed by atoms with van der Waals surface area (Å²) < 4.78 is 12.7. The number of likely N-dealkylation sites (N-methyl/N-ethyl adjacent to an activating group) is 1. The summed E-state index contributed by atoms with van der Waals surface area (Å²) in [4.78, 5) is 13.0. The van der Waals surface area contributed by atoms with Crippen LogP contribution in [-0.2, 0) is 21.7 Å². The summed E-state index contributed by atoms with van der Waals surface area (Å²) in [7, 11) is 0. The second-order valence-corrected chi connectivity index (χ2v) is 8.23. The van der Waals surface area contributed by atoms with Gasteiger partial charge in [0, 0.05) is 5.56 Å². The fraction of sp³-hybridized carbons (Fsp3) is 0.458. The molecule has 3 heterocycles. The molecule has 3 aliphatic heterocycles. The molecule has 0 radical (unpaired) electrons. The van der Waals surface area contributed by atoms with Crippen molar-refractivity contribution in [3.8, 4) is 5.75 Å². The lowest BCUT2D eigenvalue weighted by Crippen LogP contribution is -2.41. The second kappa shape index (κ2) is 6.35. The van der Waals surface area contributed by atoms with E-state index in [0.29, 0.717) is 13.2 Å². The van der Waals surface area contributed by atoms with E-state index < -0.39 is 0 Å². The van der Waals surface area contributed by atoms with Crippen LogP contribution >= 0.6 is 0 Å². The van der Waals surface area contributed by atoms with Crippen molar-refractivity contribution in [2.24, 2.45) is 5.92 Å². The van der Waals surface area contributed by atoms with Gasteiger partial charge in [-0.1, -0.05) is 36.4 Å². The molecule has 4 nitrogen and oxygen atoms in total. The number of carbonyl (C=O) groups excluding carboxylic acids is 1. The van der Waals surface area contributed by atoms with E-state index in [9.17, 15) is 4.79 Å². The molecule has 0 aliphatic carbocycles. The van der Waals surface area contributed by atoms with Crippen molar-refractivity contribution in [3.05, 3.63) is 65.2 Å². The van der Waals surface area contributed by atoms with Crippen LogP contribution in [0.5, 0.6) is 5.75 Å². The van der Waals surface area contributed by atoms with Crippen molar-refractivity contribution in [2.45, 2.75) is 44.9 Å². The number of nitrogens with zero attached hydrogens (tertiary/aromatic N) is 1. The number of rotatable bonds is 3. The number of ether oxygens (including phenoxy) is 2. The maximum atomic E-state index is 13.0. The van der Waals surface area contributed by atoms with Gasteiger partial charge in [-0.2, -0.15) is 0 Å². The van der Waals surface area contributed by atoms with Gasteiger partial charge in [0.05, 0.1) is 25.3 Å².